The fraction of sp³-hybridized carbons (Fsp3) is 0.542. The van der Waals surface area contributed by atoms with Crippen molar-refractivity contribution in [3.63, 3.8) is 0 Å². The molecule has 35 heavy (non-hydrogen) atoms. The first-order valence-corrected chi connectivity index (χ1v) is 12.8. The summed E-state index contributed by atoms with van der Waals surface area (Å²) in [6, 6.07) is 1.84. The maximum atomic E-state index is 13.3. The molecular weight excluding hydrogens is 466 g/mol. The van der Waals surface area contributed by atoms with Crippen molar-refractivity contribution >= 4 is 39.3 Å². The van der Waals surface area contributed by atoms with E-state index in [1.807, 2.05) is 17.7 Å². The minimum atomic E-state index is -0.389. The van der Waals surface area contributed by atoms with Crippen LogP contribution in [0.25, 0.3) is 11.0 Å². The lowest BCUT2D eigenvalue weighted by Gasteiger charge is -2.25. The fourth-order valence-electron chi connectivity index (χ4n) is 4.26. The van der Waals surface area contributed by atoms with Crippen molar-refractivity contribution < 1.29 is 14.3 Å². The smallest absolute Gasteiger partial charge is 0.281 e. The van der Waals surface area contributed by atoms with Crippen molar-refractivity contribution in [1.29, 1.82) is 0 Å². The van der Waals surface area contributed by atoms with Gasteiger partial charge in [0.05, 0.1) is 41.1 Å². The molecule has 1 saturated carbocycles. The van der Waals surface area contributed by atoms with Crippen molar-refractivity contribution in [2.75, 3.05) is 31.2 Å². The average Bonchev–Trinajstić information content (AvgIpc) is 3.52. The number of amides is 2. The second kappa shape index (κ2) is 8.87. The van der Waals surface area contributed by atoms with Crippen LogP contribution < -0.4 is 15.8 Å². The molecule has 2 fully saturated rings. The van der Waals surface area contributed by atoms with Gasteiger partial charge in [0.2, 0.25) is 0 Å². The Labute approximate surface area is 208 Å². The third-order valence-electron chi connectivity index (χ3n) is 6.27. The maximum absolute atomic E-state index is 13.3. The molecule has 0 radical (unpaired) electrons. The van der Waals surface area contributed by atoms with E-state index in [-0.39, 0.29) is 17.4 Å². The zero-order valence-corrected chi connectivity index (χ0v) is 21.6. The molecule has 0 atom stereocenters. The average molecular weight is 498 g/mol. The summed E-state index contributed by atoms with van der Waals surface area (Å²) in [4.78, 5) is 38.3. The van der Waals surface area contributed by atoms with Gasteiger partial charge in [-0.05, 0) is 53.5 Å². The number of hydrogen-bond donors (Lipinski definition) is 2. The van der Waals surface area contributed by atoms with Gasteiger partial charge < -0.3 is 9.64 Å². The molecule has 1 saturated heterocycles. The van der Waals surface area contributed by atoms with E-state index in [9.17, 15) is 9.59 Å². The molecule has 1 aliphatic heterocycles. The number of aryl methyl sites for hydroxylation is 2. The number of hydrazine groups is 1. The van der Waals surface area contributed by atoms with Gasteiger partial charge >= 0.3 is 0 Å². The molecule has 10 nitrogen and oxygen atoms in total. The minimum absolute atomic E-state index is 0.286. The normalized spacial score (nSPS) is 16.5. The Morgan fingerprint density at radius 3 is 2.40 bits per heavy atom. The first-order chi connectivity index (χ1) is 16.6. The minimum Gasteiger partial charge on any atom is -0.378 e. The van der Waals surface area contributed by atoms with Gasteiger partial charge in [0.1, 0.15) is 4.88 Å². The van der Waals surface area contributed by atoms with Crippen molar-refractivity contribution in [2.24, 2.45) is 0 Å². The van der Waals surface area contributed by atoms with Gasteiger partial charge in [-0.1, -0.05) is 11.3 Å². The van der Waals surface area contributed by atoms with Gasteiger partial charge in [-0.25, -0.2) is 14.6 Å². The highest BCUT2D eigenvalue weighted by Crippen LogP contribution is 2.41. The zero-order chi connectivity index (χ0) is 24.9. The number of anilines is 1. The van der Waals surface area contributed by atoms with Gasteiger partial charge in [0.25, 0.3) is 11.8 Å². The molecule has 0 aromatic carbocycles. The molecule has 11 heteroatoms. The molecule has 2 amide bonds. The number of fused-ring (bicyclic) bond motifs is 1. The number of rotatable bonds is 4. The van der Waals surface area contributed by atoms with Crippen LogP contribution in [-0.2, 0) is 10.3 Å². The second-order valence-electron chi connectivity index (χ2n) is 10.2. The Balaban J connectivity index is 1.39. The van der Waals surface area contributed by atoms with Gasteiger partial charge in [-0.3, -0.25) is 20.4 Å². The van der Waals surface area contributed by atoms with E-state index >= 15 is 0 Å². The molecule has 3 aromatic heterocycles. The summed E-state index contributed by atoms with van der Waals surface area (Å²) < 4.78 is 7.28. The summed E-state index contributed by atoms with van der Waals surface area (Å²) in [7, 11) is 0. The number of nitrogens with zero attached hydrogens (tertiary/aromatic N) is 5. The number of aromatic nitrogens is 4. The highest BCUT2D eigenvalue weighted by molar-refractivity contribution is 7.17. The molecule has 2 N–H and O–H groups in total. The topological polar surface area (TPSA) is 114 Å². The third-order valence-corrected chi connectivity index (χ3v) is 7.49. The fourth-order valence-corrected chi connectivity index (χ4v) is 5.28. The number of ether oxygens (including phenoxy) is 1. The number of pyridine rings is 1. The van der Waals surface area contributed by atoms with Crippen LogP contribution in [0, 0.1) is 13.8 Å². The van der Waals surface area contributed by atoms with E-state index in [2.05, 4.69) is 41.5 Å². The lowest BCUT2D eigenvalue weighted by atomic mass is 10.1. The van der Waals surface area contributed by atoms with E-state index in [4.69, 9.17) is 14.8 Å². The molecule has 5 rings (SSSR count). The van der Waals surface area contributed by atoms with Crippen molar-refractivity contribution in [1.82, 2.24) is 30.6 Å². The SMILES string of the molecule is Cc1nc(N2CCOCC2)sc1C(=O)NNC(=O)c1cc(C2CC2)nc2c1c(C)nn2C(C)(C)C. The van der Waals surface area contributed by atoms with E-state index in [0.29, 0.717) is 46.3 Å². The Kier molecular flexibility index (Phi) is 6.00. The first kappa shape index (κ1) is 23.7. The maximum Gasteiger partial charge on any atom is 0.281 e. The molecule has 3 aromatic rings. The number of carbonyl (C=O) groups is 2. The Hall–Kier alpha value is -3.05. The predicted octanol–water partition coefficient (Wildman–Crippen LogP) is 3.05. The van der Waals surface area contributed by atoms with Crippen LogP contribution in [0.15, 0.2) is 6.07 Å². The van der Waals surface area contributed by atoms with Crippen LogP contribution in [0.5, 0.6) is 0 Å². The lowest BCUT2D eigenvalue weighted by Crippen LogP contribution is -2.41. The first-order valence-electron chi connectivity index (χ1n) is 11.9. The van der Waals surface area contributed by atoms with Crippen molar-refractivity contribution in [2.45, 2.75) is 58.9 Å². The van der Waals surface area contributed by atoms with Crippen molar-refractivity contribution in [3.8, 4) is 0 Å². The summed E-state index contributed by atoms with van der Waals surface area (Å²) >= 11 is 1.32. The highest BCUT2D eigenvalue weighted by atomic mass is 32.1. The Morgan fingerprint density at radius 2 is 1.74 bits per heavy atom. The number of carbonyl (C=O) groups excluding carboxylic acids is 2. The second-order valence-corrected chi connectivity index (χ2v) is 11.1. The van der Waals surface area contributed by atoms with Gasteiger partial charge in [-0.15, -0.1) is 0 Å². The van der Waals surface area contributed by atoms with Gasteiger partial charge in [-0.2, -0.15) is 5.10 Å². The van der Waals surface area contributed by atoms with E-state index < -0.39 is 0 Å². The Bertz CT molecular complexity index is 1300. The molecule has 0 spiro atoms. The van der Waals surface area contributed by atoms with Crippen LogP contribution in [0.1, 0.15) is 76.6 Å². The molecular formula is C24H31N7O3S. The summed E-state index contributed by atoms with van der Waals surface area (Å²) in [5, 5.41) is 6.19. The highest BCUT2D eigenvalue weighted by Gasteiger charge is 2.30. The quantitative estimate of drug-likeness (QED) is 0.533. The third kappa shape index (κ3) is 4.62. The van der Waals surface area contributed by atoms with Crippen LogP contribution in [0.2, 0.25) is 0 Å². The largest absolute Gasteiger partial charge is 0.378 e. The van der Waals surface area contributed by atoms with E-state index in [1.54, 1.807) is 6.92 Å². The molecule has 0 bridgehead atoms. The summed E-state index contributed by atoms with van der Waals surface area (Å²) in [5.41, 5.74) is 8.33. The predicted molar refractivity (Wildman–Crippen MR) is 134 cm³/mol. The van der Waals surface area contributed by atoms with Crippen LogP contribution in [0.3, 0.4) is 0 Å². The standard InChI is InChI=1S/C24H31N7O3S/c1-13-18-16(12-17(15-6-7-15)26-20(18)31(29-13)24(3,4)5)21(32)27-28-22(33)19-14(2)25-23(35-19)30-8-10-34-11-9-30/h12,15H,6-11H2,1-5H3,(H,27,32)(H,28,33). The van der Waals surface area contributed by atoms with E-state index in [0.717, 1.165) is 42.5 Å². The molecule has 186 valence electrons. The monoisotopic (exact) mass is 497 g/mol. The lowest BCUT2D eigenvalue weighted by molar-refractivity contribution is 0.0849. The molecule has 1 aliphatic carbocycles. The summed E-state index contributed by atoms with van der Waals surface area (Å²) in [5.74, 6) is -0.412. The van der Waals surface area contributed by atoms with Crippen LogP contribution in [-0.4, -0.2) is 57.9 Å². The summed E-state index contributed by atoms with van der Waals surface area (Å²) in [6.07, 6.45) is 2.13. The molecule has 2 aliphatic rings. The van der Waals surface area contributed by atoms with Crippen molar-refractivity contribution in [3.05, 3.63) is 33.6 Å². The number of hydrogen-bond acceptors (Lipinski definition) is 8. The zero-order valence-electron chi connectivity index (χ0n) is 20.8. The van der Waals surface area contributed by atoms with Crippen LogP contribution >= 0.6 is 11.3 Å². The van der Waals surface area contributed by atoms with E-state index in [1.165, 1.54) is 11.3 Å². The molecule has 0 unspecified atom stereocenters. The number of morpholine rings is 1. The van der Waals surface area contributed by atoms with Gasteiger partial charge in [0, 0.05) is 24.7 Å². The van der Waals surface area contributed by atoms with Crippen LogP contribution in [0.4, 0.5) is 5.13 Å². The number of nitrogens with one attached hydrogen (secondary N) is 2. The summed E-state index contributed by atoms with van der Waals surface area (Å²) in [6.45, 7) is 12.6. The number of thiazole rings is 1. The molecule has 4 heterocycles. The Morgan fingerprint density at radius 1 is 1.06 bits per heavy atom. The van der Waals surface area contributed by atoms with Gasteiger partial charge in [0.15, 0.2) is 10.8 Å².